The summed E-state index contributed by atoms with van der Waals surface area (Å²) in [6, 6.07) is 7.84. The Hall–Kier alpha value is -1.66. The second-order valence-electron chi connectivity index (χ2n) is 5.58. The number of hydrogen-bond acceptors (Lipinski definition) is 4. The van der Waals surface area contributed by atoms with Crippen molar-refractivity contribution in [2.45, 2.75) is 6.42 Å². The van der Waals surface area contributed by atoms with E-state index in [0.717, 1.165) is 42.9 Å². The van der Waals surface area contributed by atoms with Crippen LogP contribution < -0.4 is 5.32 Å². The van der Waals surface area contributed by atoms with Gasteiger partial charge in [-0.25, -0.2) is 9.78 Å². The SMILES string of the molecule is O=C(Nc1nc2ccccc2s1)N1CC2(CCOC2)C1. The van der Waals surface area contributed by atoms with Crippen LogP contribution in [0.25, 0.3) is 10.2 Å². The maximum Gasteiger partial charge on any atom is 0.323 e. The second kappa shape index (κ2) is 4.43. The van der Waals surface area contributed by atoms with Crippen molar-refractivity contribution in [2.75, 3.05) is 31.6 Å². The third-order valence-corrected chi connectivity index (χ3v) is 4.98. The number of hydrogen-bond donors (Lipinski definition) is 1. The number of urea groups is 1. The summed E-state index contributed by atoms with van der Waals surface area (Å²) >= 11 is 1.51. The average Bonchev–Trinajstić information content (AvgIpc) is 3.02. The first-order valence-electron chi connectivity index (χ1n) is 6.73. The lowest BCUT2D eigenvalue weighted by Crippen LogP contribution is -2.59. The minimum atomic E-state index is -0.0541. The Morgan fingerprint density at radius 1 is 1.40 bits per heavy atom. The number of carbonyl (C=O) groups is 1. The molecular formula is C14H15N3O2S. The highest BCUT2D eigenvalue weighted by Gasteiger charge is 2.47. The average molecular weight is 289 g/mol. The van der Waals surface area contributed by atoms with Crippen LogP contribution in [0, 0.1) is 5.41 Å². The highest BCUT2D eigenvalue weighted by molar-refractivity contribution is 7.22. The number of para-hydroxylation sites is 1. The third-order valence-electron chi connectivity index (χ3n) is 4.03. The number of nitrogens with one attached hydrogen (secondary N) is 1. The molecule has 0 aliphatic carbocycles. The first kappa shape index (κ1) is 12.1. The molecule has 5 nitrogen and oxygen atoms in total. The van der Waals surface area contributed by atoms with Crippen LogP contribution in [0.15, 0.2) is 24.3 Å². The number of benzene rings is 1. The van der Waals surface area contributed by atoms with Gasteiger partial charge < -0.3 is 9.64 Å². The van der Waals surface area contributed by atoms with E-state index in [2.05, 4.69) is 10.3 Å². The minimum absolute atomic E-state index is 0.0541. The summed E-state index contributed by atoms with van der Waals surface area (Å²) in [5.41, 5.74) is 1.15. The minimum Gasteiger partial charge on any atom is -0.381 e. The summed E-state index contributed by atoms with van der Waals surface area (Å²) < 4.78 is 6.51. The number of aromatic nitrogens is 1. The fraction of sp³-hybridized carbons (Fsp3) is 0.429. The van der Waals surface area contributed by atoms with E-state index < -0.39 is 0 Å². The van der Waals surface area contributed by atoms with Gasteiger partial charge >= 0.3 is 6.03 Å². The molecule has 4 rings (SSSR count). The summed E-state index contributed by atoms with van der Waals surface area (Å²) in [6.45, 7) is 3.21. The highest BCUT2D eigenvalue weighted by atomic mass is 32.1. The van der Waals surface area contributed by atoms with Crippen molar-refractivity contribution >= 4 is 32.7 Å². The van der Waals surface area contributed by atoms with E-state index in [1.165, 1.54) is 11.3 Å². The molecule has 3 heterocycles. The predicted molar refractivity (Wildman–Crippen MR) is 78.1 cm³/mol. The number of anilines is 1. The second-order valence-corrected chi connectivity index (χ2v) is 6.61. The number of amides is 2. The molecule has 6 heteroatoms. The molecular weight excluding hydrogens is 274 g/mol. The predicted octanol–water partition coefficient (Wildman–Crippen LogP) is 2.55. The molecule has 2 aliphatic rings. The summed E-state index contributed by atoms with van der Waals surface area (Å²) in [5.74, 6) is 0. The number of ether oxygens (including phenoxy) is 1. The van der Waals surface area contributed by atoms with Gasteiger partial charge in [0.25, 0.3) is 0 Å². The van der Waals surface area contributed by atoms with Gasteiger partial charge in [-0.15, -0.1) is 0 Å². The van der Waals surface area contributed by atoms with Gasteiger partial charge in [-0.1, -0.05) is 23.5 Å². The Morgan fingerprint density at radius 3 is 3.00 bits per heavy atom. The van der Waals surface area contributed by atoms with Crippen molar-refractivity contribution in [3.63, 3.8) is 0 Å². The van der Waals surface area contributed by atoms with E-state index in [1.807, 2.05) is 29.2 Å². The van der Waals surface area contributed by atoms with E-state index in [1.54, 1.807) is 0 Å². The number of rotatable bonds is 1. The van der Waals surface area contributed by atoms with Crippen LogP contribution in [0.5, 0.6) is 0 Å². The van der Waals surface area contributed by atoms with Gasteiger partial charge in [-0.2, -0.15) is 0 Å². The zero-order valence-electron chi connectivity index (χ0n) is 11.0. The zero-order valence-corrected chi connectivity index (χ0v) is 11.8. The van der Waals surface area contributed by atoms with Crippen LogP contribution in [-0.2, 0) is 4.74 Å². The van der Waals surface area contributed by atoms with Crippen molar-refractivity contribution in [2.24, 2.45) is 5.41 Å². The van der Waals surface area contributed by atoms with Crippen LogP contribution in [0.1, 0.15) is 6.42 Å². The fourth-order valence-electron chi connectivity index (χ4n) is 2.90. The smallest absolute Gasteiger partial charge is 0.323 e. The molecule has 0 saturated carbocycles. The van der Waals surface area contributed by atoms with Crippen LogP contribution in [0.4, 0.5) is 9.93 Å². The molecule has 2 fully saturated rings. The lowest BCUT2D eigenvalue weighted by molar-refractivity contribution is 0.0255. The molecule has 2 amide bonds. The molecule has 104 valence electrons. The van der Waals surface area contributed by atoms with Crippen molar-refractivity contribution in [3.8, 4) is 0 Å². The van der Waals surface area contributed by atoms with Gasteiger partial charge in [-0.05, 0) is 18.6 Å². The van der Waals surface area contributed by atoms with E-state index in [4.69, 9.17) is 4.74 Å². The third kappa shape index (κ3) is 1.96. The van der Waals surface area contributed by atoms with Crippen LogP contribution in [0.2, 0.25) is 0 Å². The maximum absolute atomic E-state index is 12.2. The van der Waals surface area contributed by atoms with Gasteiger partial charge in [0, 0.05) is 25.1 Å². The molecule has 0 unspecified atom stereocenters. The molecule has 1 spiro atoms. The first-order chi connectivity index (χ1) is 9.74. The van der Waals surface area contributed by atoms with Crippen molar-refractivity contribution in [1.29, 1.82) is 0 Å². The molecule has 0 atom stereocenters. The molecule has 2 saturated heterocycles. The van der Waals surface area contributed by atoms with Gasteiger partial charge in [0.1, 0.15) is 0 Å². The largest absolute Gasteiger partial charge is 0.381 e. The van der Waals surface area contributed by atoms with Gasteiger partial charge in [0.2, 0.25) is 0 Å². The summed E-state index contributed by atoms with van der Waals surface area (Å²) in [5, 5.41) is 3.56. The number of nitrogens with zero attached hydrogens (tertiary/aromatic N) is 2. The van der Waals surface area contributed by atoms with Crippen LogP contribution in [-0.4, -0.2) is 42.2 Å². The number of fused-ring (bicyclic) bond motifs is 1. The standard InChI is InChI=1S/C14H15N3O2S/c18-13(17-7-14(8-17)5-6-19-9-14)16-12-15-10-3-1-2-4-11(10)20-12/h1-4H,5-9H2,(H,15,16,18). The quantitative estimate of drug-likeness (QED) is 0.877. The molecule has 1 aromatic heterocycles. The summed E-state index contributed by atoms with van der Waals surface area (Å²) in [7, 11) is 0. The Morgan fingerprint density at radius 2 is 2.25 bits per heavy atom. The molecule has 2 aromatic rings. The summed E-state index contributed by atoms with van der Waals surface area (Å²) in [6.07, 6.45) is 1.07. The van der Waals surface area contributed by atoms with Crippen molar-refractivity contribution < 1.29 is 9.53 Å². The molecule has 20 heavy (non-hydrogen) atoms. The number of likely N-dealkylation sites (tertiary alicyclic amines) is 1. The molecule has 1 aromatic carbocycles. The first-order valence-corrected chi connectivity index (χ1v) is 7.55. The van der Waals surface area contributed by atoms with Gasteiger partial charge in [-0.3, -0.25) is 5.32 Å². The summed E-state index contributed by atoms with van der Waals surface area (Å²) in [4.78, 5) is 18.4. The molecule has 0 radical (unpaired) electrons. The Bertz CT molecular complexity index is 622. The van der Waals surface area contributed by atoms with E-state index in [0.29, 0.717) is 5.13 Å². The molecule has 0 bridgehead atoms. The van der Waals surface area contributed by atoms with Gasteiger partial charge in [0.15, 0.2) is 5.13 Å². The van der Waals surface area contributed by atoms with Gasteiger partial charge in [0.05, 0.1) is 16.8 Å². The van der Waals surface area contributed by atoms with E-state index >= 15 is 0 Å². The fourth-order valence-corrected chi connectivity index (χ4v) is 3.76. The Kier molecular flexibility index (Phi) is 2.68. The highest BCUT2D eigenvalue weighted by Crippen LogP contribution is 2.38. The Labute approximate surface area is 120 Å². The lowest BCUT2D eigenvalue weighted by atomic mass is 9.79. The number of carbonyl (C=O) groups excluding carboxylic acids is 1. The van der Waals surface area contributed by atoms with Crippen molar-refractivity contribution in [3.05, 3.63) is 24.3 Å². The normalized spacial score (nSPS) is 20.3. The Balaban J connectivity index is 1.43. The van der Waals surface area contributed by atoms with E-state index in [-0.39, 0.29) is 11.4 Å². The zero-order chi connectivity index (χ0) is 13.6. The lowest BCUT2D eigenvalue weighted by Gasteiger charge is -2.46. The van der Waals surface area contributed by atoms with Crippen molar-refractivity contribution in [1.82, 2.24) is 9.88 Å². The van der Waals surface area contributed by atoms with Crippen LogP contribution in [0.3, 0.4) is 0 Å². The van der Waals surface area contributed by atoms with E-state index in [9.17, 15) is 4.79 Å². The monoisotopic (exact) mass is 289 g/mol. The molecule has 1 N–H and O–H groups in total. The topological polar surface area (TPSA) is 54.5 Å². The maximum atomic E-state index is 12.2. The van der Waals surface area contributed by atoms with Crippen LogP contribution >= 0.6 is 11.3 Å². The number of thiazole rings is 1. The molecule has 2 aliphatic heterocycles.